The van der Waals surface area contributed by atoms with E-state index in [1.807, 2.05) is 30.3 Å². The Hall–Kier alpha value is -1.46. The summed E-state index contributed by atoms with van der Waals surface area (Å²) < 4.78 is 0. The van der Waals surface area contributed by atoms with E-state index in [4.69, 9.17) is 12.2 Å². The summed E-state index contributed by atoms with van der Waals surface area (Å²) in [4.78, 5) is 6.06. The van der Waals surface area contributed by atoms with Gasteiger partial charge in [-0.2, -0.15) is 0 Å². The molecule has 1 atom stereocenters. The van der Waals surface area contributed by atoms with Crippen molar-refractivity contribution in [2.75, 3.05) is 10.6 Å². The lowest BCUT2D eigenvalue weighted by Crippen LogP contribution is -2.18. The van der Waals surface area contributed by atoms with Gasteiger partial charge in [-0.1, -0.05) is 25.1 Å². The van der Waals surface area contributed by atoms with Gasteiger partial charge in [0, 0.05) is 10.6 Å². The second kappa shape index (κ2) is 5.89. The van der Waals surface area contributed by atoms with E-state index in [1.165, 1.54) is 17.0 Å². The third kappa shape index (κ3) is 3.16. The fourth-order valence-corrected chi connectivity index (χ4v) is 3.83. The zero-order valence-electron chi connectivity index (χ0n) is 11.3. The number of rotatable bonds is 2. The van der Waals surface area contributed by atoms with Crippen LogP contribution in [-0.2, 0) is 12.8 Å². The highest BCUT2D eigenvalue weighted by atomic mass is 32.1. The second-order valence-corrected chi connectivity index (χ2v) is 6.67. The van der Waals surface area contributed by atoms with Gasteiger partial charge < -0.3 is 10.6 Å². The van der Waals surface area contributed by atoms with Crippen molar-refractivity contribution in [2.45, 2.75) is 26.2 Å². The van der Waals surface area contributed by atoms with Crippen molar-refractivity contribution < 1.29 is 0 Å². The minimum Gasteiger partial charge on any atom is -0.332 e. The second-order valence-electron chi connectivity index (χ2n) is 5.18. The number of hydrogen-bond donors (Lipinski definition) is 2. The Morgan fingerprint density at radius 1 is 1.30 bits per heavy atom. The van der Waals surface area contributed by atoms with Gasteiger partial charge in [-0.25, -0.2) is 4.98 Å². The highest BCUT2D eigenvalue weighted by Gasteiger charge is 2.19. The summed E-state index contributed by atoms with van der Waals surface area (Å²) in [7, 11) is 0. The molecule has 2 aromatic rings. The SMILES string of the molecule is CC1CCc2nc(NC(=S)Nc3ccccc3)sc2C1. The Bertz CT molecular complexity index is 607. The number of fused-ring (bicyclic) bond motifs is 1. The first-order valence-corrected chi connectivity index (χ1v) is 8.05. The lowest BCUT2D eigenvalue weighted by molar-refractivity contribution is 0.502. The fourth-order valence-electron chi connectivity index (χ4n) is 2.37. The van der Waals surface area contributed by atoms with Gasteiger partial charge in [0.25, 0.3) is 0 Å². The van der Waals surface area contributed by atoms with E-state index in [1.54, 1.807) is 11.3 Å². The van der Waals surface area contributed by atoms with Crippen LogP contribution in [0.5, 0.6) is 0 Å². The molecule has 0 aliphatic heterocycles. The quantitative estimate of drug-likeness (QED) is 0.820. The molecule has 0 fully saturated rings. The minimum atomic E-state index is 0.593. The molecule has 0 saturated heterocycles. The summed E-state index contributed by atoms with van der Waals surface area (Å²) in [6.45, 7) is 2.30. The van der Waals surface area contributed by atoms with E-state index < -0.39 is 0 Å². The lowest BCUT2D eigenvalue weighted by atomic mass is 9.93. The molecule has 5 heteroatoms. The monoisotopic (exact) mass is 303 g/mol. The largest absolute Gasteiger partial charge is 0.332 e. The maximum Gasteiger partial charge on any atom is 0.189 e. The zero-order chi connectivity index (χ0) is 13.9. The number of aromatic nitrogens is 1. The Kier molecular flexibility index (Phi) is 3.98. The van der Waals surface area contributed by atoms with Crippen molar-refractivity contribution in [1.29, 1.82) is 0 Å². The van der Waals surface area contributed by atoms with Crippen LogP contribution in [0.3, 0.4) is 0 Å². The maximum atomic E-state index is 5.33. The lowest BCUT2D eigenvalue weighted by Gasteiger charge is -2.15. The van der Waals surface area contributed by atoms with E-state index in [-0.39, 0.29) is 0 Å². The smallest absolute Gasteiger partial charge is 0.189 e. The Balaban J connectivity index is 1.65. The predicted octanol–water partition coefficient (Wildman–Crippen LogP) is 4.08. The number of nitrogens with one attached hydrogen (secondary N) is 2. The summed E-state index contributed by atoms with van der Waals surface area (Å²) in [6.07, 6.45) is 3.48. The Morgan fingerprint density at radius 3 is 2.90 bits per heavy atom. The fraction of sp³-hybridized carbons (Fsp3) is 0.333. The molecule has 1 heterocycles. The molecular formula is C15H17N3S2. The third-order valence-corrected chi connectivity index (χ3v) is 4.68. The minimum absolute atomic E-state index is 0.593. The number of anilines is 2. The molecule has 104 valence electrons. The molecule has 0 saturated carbocycles. The van der Waals surface area contributed by atoms with Gasteiger partial charge in [-0.15, -0.1) is 11.3 Å². The van der Waals surface area contributed by atoms with Gasteiger partial charge >= 0.3 is 0 Å². The molecule has 1 aromatic heterocycles. The summed E-state index contributed by atoms with van der Waals surface area (Å²) in [5.41, 5.74) is 2.23. The first-order chi connectivity index (χ1) is 9.70. The normalized spacial score (nSPS) is 17.4. The molecule has 0 radical (unpaired) electrons. The Morgan fingerprint density at radius 2 is 2.10 bits per heavy atom. The van der Waals surface area contributed by atoms with Gasteiger partial charge in [-0.05, 0) is 49.5 Å². The van der Waals surface area contributed by atoms with E-state index in [0.717, 1.165) is 29.6 Å². The van der Waals surface area contributed by atoms with Crippen molar-refractivity contribution in [3.8, 4) is 0 Å². The first kappa shape index (κ1) is 13.5. The number of thiocarbonyl (C=S) groups is 1. The predicted molar refractivity (Wildman–Crippen MR) is 89.6 cm³/mol. The Labute approximate surface area is 128 Å². The molecule has 20 heavy (non-hydrogen) atoms. The van der Waals surface area contributed by atoms with Crippen LogP contribution in [-0.4, -0.2) is 10.1 Å². The van der Waals surface area contributed by atoms with Crippen LogP contribution < -0.4 is 10.6 Å². The van der Waals surface area contributed by atoms with Crippen LogP contribution in [0.4, 0.5) is 10.8 Å². The highest BCUT2D eigenvalue weighted by Crippen LogP contribution is 2.32. The zero-order valence-corrected chi connectivity index (χ0v) is 13.0. The summed E-state index contributed by atoms with van der Waals surface area (Å²) in [5.74, 6) is 0.769. The van der Waals surface area contributed by atoms with Crippen LogP contribution in [0.25, 0.3) is 0 Å². The number of benzene rings is 1. The van der Waals surface area contributed by atoms with Crippen molar-refractivity contribution in [1.82, 2.24) is 4.98 Å². The molecule has 3 nitrogen and oxygen atoms in total. The molecule has 1 aliphatic carbocycles. The van der Waals surface area contributed by atoms with Crippen molar-refractivity contribution in [2.24, 2.45) is 5.92 Å². The van der Waals surface area contributed by atoms with Gasteiger partial charge in [0.2, 0.25) is 0 Å². The summed E-state index contributed by atoms with van der Waals surface area (Å²) in [5, 5.41) is 7.85. The molecule has 3 rings (SSSR count). The van der Waals surface area contributed by atoms with Crippen LogP contribution in [0, 0.1) is 5.92 Å². The molecule has 1 aliphatic rings. The van der Waals surface area contributed by atoms with Crippen LogP contribution in [0.1, 0.15) is 23.9 Å². The number of hydrogen-bond acceptors (Lipinski definition) is 3. The van der Waals surface area contributed by atoms with E-state index >= 15 is 0 Å². The number of para-hydroxylation sites is 1. The van der Waals surface area contributed by atoms with E-state index in [0.29, 0.717) is 5.11 Å². The average molecular weight is 303 g/mol. The first-order valence-electron chi connectivity index (χ1n) is 6.82. The van der Waals surface area contributed by atoms with Gasteiger partial charge in [0.15, 0.2) is 10.2 Å². The van der Waals surface area contributed by atoms with Gasteiger partial charge in [-0.3, -0.25) is 0 Å². The van der Waals surface area contributed by atoms with E-state index in [9.17, 15) is 0 Å². The molecule has 1 aromatic carbocycles. The summed E-state index contributed by atoms with van der Waals surface area (Å²) >= 11 is 7.05. The van der Waals surface area contributed by atoms with Crippen molar-refractivity contribution >= 4 is 39.5 Å². The van der Waals surface area contributed by atoms with Crippen LogP contribution in [0.2, 0.25) is 0 Å². The molecule has 1 unspecified atom stereocenters. The third-order valence-electron chi connectivity index (χ3n) is 3.44. The molecule has 0 amide bonds. The maximum absolute atomic E-state index is 5.33. The van der Waals surface area contributed by atoms with Crippen molar-refractivity contribution in [3.63, 3.8) is 0 Å². The standard InChI is InChI=1S/C15H17N3S2/c1-10-7-8-12-13(9-10)20-15(17-12)18-14(19)16-11-5-3-2-4-6-11/h2-6,10H,7-9H2,1H3,(H2,16,17,18,19). The van der Waals surface area contributed by atoms with E-state index in [2.05, 4.69) is 22.5 Å². The van der Waals surface area contributed by atoms with Gasteiger partial charge in [0.1, 0.15) is 0 Å². The number of thiazole rings is 1. The van der Waals surface area contributed by atoms with Crippen LogP contribution in [0.15, 0.2) is 30.3 Å². The van der Waals surface area contributed by atoms with Gasteiger partial charge in [0.05, 0.1) is 5.69 Å². The molecule has 0 bridgehead atoms. The molecule has 0 spiro atoms. The topological polar surface area (TPSA) is 37.0 Å². The van der Waals surface area contributed by atoms with Crippen molar-refractivity contribution in [3.05, 3.63) is 40.9 Å². The molecular weight excluding hydrogens is 286 g/mol. The number of nitrogens with zero attached hydrogens (tertiary/aromatic N) is 1. The summed E-state index contributed by atoms with van der Waals surface area (Å²) in [6, 6.07) is 9.92. The highest BCUT2D eigenvalue weighted by molar-refractivity contribution is 7.80. The number of aryl methyl sites for hydroxylation is 1. The molecule has 2 N–H and O–H groups in total. The average Bonchev–Trinajstić information content (AvgIpc) is 2.80. The van der Waals surface area contributed by atoms with Crippen LogP contribution >= 0.6 is 23.6 Å².